The molecule has 5 nitrogen and oxygen atoms in total. The van der Waals surface area contributed by atoms with Gasteiger partial charge in [0.25, 0.3) is 5.91 Å². The van der Waals surface area contributed by atoms with Crippen LogP contribution in [0.15, 0.2) is 53.5 Å². The zero-order valence-corrected chi connectivity index (χ0v) is 18.0. The summed E-state index contributed by atoms with van der Waals surface area (Å²) in [7, 11) is 0. The van der Waals surface area contributed by atoms with Gasteiger partial charge < -0.3 is 5.11 Å². The van der Waals surface area contributed by atoms with Gasteiger partial charge in [-0.05, 0) is 42.0 Å². The number of carbonyl (C=O) groups is 2. The Bertz CT molecular complexity index is 943. The van der Waals surface area contributed by atoms with Gasteiger partial charge >= 0.3 is 5.97 Å². The van der Waals surface area contributed by atoms with E-state index in [1.54, 1.807) is 12.1 Å². The Morgan fingerprint density at radius 1 is 1.03 bits per heavy atom. The van der Waals surface area contributed by atoms with Gasteiger partial charge in [-0.15, -0.1) is 0 Å². The number of carboxylic acid groups (broad SMARTS) is 1. The Labute approximate surface area is 178 Å². The Kier molecular flexibility index (Phi) is 6.70. The molecule has 0 bridgehead atoms. The predicted octanol–water partition coefficient (Wildman–Crippen LogP) is 5.54. The number of amides is 1. The minimum atomic E-state index is -0.940. The quantitative estimate of drug-likeness (QED) is 0.594. The number of carboxylic acids is 1. The molecule has 0 fully saturated rings. The van der Waals surface area contributed by atoms with E-state index in [0.717, 1.165) is 36.2 Å². The van der Waals surface area contributed by atoms with Crippen LogP contribution in [0.4, 0.5) is 0 Å². The maximum Gasteiger partial charge on any atom is 0.336 e. The third kappa shape index (κ3) is 4.16. The first-order chi connectivity index (χ1) is 14.5. The highest BCUT2D eigenvalue weighted by molar-refractivity contribution is 6.08. The molecule has 158 valence electrons. The molecule has 0 saturated heterocycles. The molecule has 0 aliphatic carbocycles. The molecule has 1 amide bonds. The summed E-state index contributed by atoms with van der Waals surface area (Å²) in [6, 6.07) is 14.8. The van der Waals surface area contributed by atoms with Crippen molar-refractivity contribution in [3.05, 3.63) is 59.7 Å². The van der Waals surface area contributed by atoms with Crippen molar-refractivity contribution in [3.8, 4) is 11.1 Å². The van der Waals surface area contributed by atoms with Gasteiger partial charge in [0.1, 0.15) is 11.4 Å². The smallest absolute Gasteiger partial charge is 0.336 e. The summed E-state index contributed by atoms with van der Waals surface area (Å²) in [4.78, 5) is 31.5. The first kappa shape index (κ1) is 21.8. The van der Waals surface area contributed by atoms with Crippen LogP contribution in [0.5, 0.6) is 0 Å². The lowest BCUT2D eigenvalue weighted by Gasteiger charge is -2.24. The van der Waals surface area contributed by atoms with Crippen LogP contribution < -0.4 is 0 Å². The zero-order chi connectivity index (χ0) is 21.7. The topological polar surface area (TPSA) is 70.0 Å². The van der Waals surface area contributed by atoms with Gasteiger partial charge in [-0.25, -0.2) is 4.79 Å². The SMILES string of the molecule is CCCCC1=NC(CC)(CC)C(=O)N1Cc1ccc(-c2ccccc2C(=O)O)cc1. The maximum absolute atomic E-state index is 13.2. The molecule has 1 aliphatic heterocycles. The summed E-state index contributed by atoms with van der Waals surface area (Å²) >= 11 is 0. The molecule has 0 atom stereocenters. The van der Waals surface area contributed by atoms with Gasteiger partial charge in [0.15, 0.2) is 0 Å². The van der Waals surface area contributed by atoms with Crippen molar-refractivity contribution in [1.82, 2.24) is 4.90 Å². The molecule has 1 heterocycles. The molecule has 0 saturated carbocycles. The highest BCUT2D eigenvalue weighted by Crippen LogP contribution is 2.32. The maximum atomic E-state index is 13.2. The van der Waals surface area contributed by atoms with E-state index in [2.05, 4.69) is 6.92 Å². The van der Waals surface area contributed by atoms with Crippen molar-refractivity contribution in [3.63, 3.8) is 0 Å². The number of aromatic carboxylic acids is 1. The van der Waals surface area contributed by atoms with Crippen molar-refractivity contribution >= 4 is 17.7 Å². The second-order valence-corrected chi connectivity index (χ2v) is 7.81. The standard InChI is InChI=1S/C25H30N2O3/c1-4-7-12-22-26-25(5-2,6-3)24(30)27(22)17-18-13-15-19(16-14-18)20-10-8-9-11-21(20)23(28)29/h8-11,13-16H,4-7,12,17H2,1-3H3,(H,28,29). The lowest BCUT2D eigenvalue weighted by Crippen LogP contribution is -2.41. The van der Waals surface area contributed by atoms with E-state index in [0.29, 0.717) is 24.9 Å². The van der Waals surface area contributed by atoms with Crippen LogP contribution in [-0.2, 0) is 11.3 Å². The lowest BCUT2D eigenvalue weighted by atomic mass is 9.93. The van der Waals surface area contributed by atoms with Crippen molar-refractivity contribution in [2.75, 3.05) is 0 Å². The predicted molar refractivity (Wildman–Crippen MR) is 120 cm³/mol. The molecule has 0 spiro atoms. The summed E-state index contributed by atoms with van der Waals surface area (Å²) in [6.45, 7) is 6.69. The van der Waals surface area contributed by atoms with Crippen LogP contribution in [0.2, 0.25) is 0 Å². The largest absolute Gasteiger partial charge is 0.478 e. The second kappa shape index (κ2) is 9.24. The fourth-order valence-corrected chi connectivity index (χ4v) is 4.02. The molecule has 0 unspecified atom stereocenters. The van der Waals surface area contributed by atoms with Gasteiger partial charge in [0.05, 0.1) is 12.1 Å². The number of carbonyl (C=O) groups excluding carboxylic acids is 1. The molecular formula is C25H30N2O3. The Balaban J connectivity index is 1.85. The molecule has 30 heavy (non-hydrogen) atoms. The first-order valence-corrected chi connectivity index (χ1v) is 10.8. The average molecular weight is 407 g/mol. The number of hydrogen-bond acceptors (Lipinski definition) is 3. The summed E-state index contributed by atoms with van der Waals surface area (Å²) in [5, 5.41) is 9.44. The fourth-order valence-electron chi connectivity index (χ4n) is 4.02. The molecule has 1 aliphatic rings. The van der Waals surface area contributed by atoms with Gasteiger partial charge in [-0.1, -0.05) is 69.7 Å². The zero-order valence-electron chi connectivity index (χ0n) is 18.0. The number of nitrogens with zero attached hydrogens (tertiary/aromatic N) is 2. The summed E-state index contributed by atoms with van der Waals surface area (Å²) in [6.07, 6.45) is 4.30. The summed E-state index contributed by atoms with van der Waals surface area (Å²) in [5.74, 6) is 0.0503. The number of rotatable bonds is 9. The van der Waals surface area contributed by atoms with Crippen LogP contribution in [0.1, 0.15) is 68.8 Å². The van der Waals surface area contributed by atoms with Crippen molar-refractivity contribution < 1.29 is 14.7 Å². The van der Waals surface area contributed by atoms with Gasteiger partial charge in [0.2, 0.25) is 0 Å². The highest BCUT2D eigenvalue weighted by atomic mass is 16.4. The number of amidine groups is 1. The number of aliphatic imine (C=N–C) groups is 1. The minimum Gasteiger partial charge on any atom is -0.478 e. The first-order valence-electron chi connectivity index (χ1n) is 10.8. The molecule has 0 radical (unpaired) electrons. The van der Waals surface area contributed by atoms with Gasteiger partial charge in [-0.2, -0.15) is 0 Å². The number of benzene rings is 2. The van der Waals surface area contributed by atoms with Crippen LogP contribution in [-0.4, -0.2) is 33.3 Å². The van der Waals surface area contributed by atoms with Gasteiger partial charge in [0, 0.05) is 6.42 Å². The third-order valence-electron chi connectivity index (χ3n) is 5.98. The average Bonchev–Trinajstić information content (AvgIpc) is 3.04. The molecule has 0 aromatic heterocycles. The summed E-state index contributed by atoms with van der Waals surface area (Å²) in [5.41, 5.74) is 2.20. The van der Waals surface area contributed by atoms with E-state index in [9.17, 15) is 14.7 Å². The molecule has 2 aromatic rings. The van der Waals surface area contributed by atoms with Crippen LogP contribution in [0, 0.1) is 0 Å². The van der Waals surface area contributed by atoms with Crippen LogP contribution >= 0.6 is 0 Å². The lowest BCUT2D eigenvalue weighted by molar-refractivity contribution is -0.131. The van der Waals surface area contributed by atoms with Crippen LogP contribution in [0.3, 0.4) is 0 Å². The van der Waals surface area contributed by atoms with E-state index >= 15 is 0 Å². The monoisotopic (exact) mass is 406 g/mol. The fraction of sp³-hybridized carbons (Fsp3) is 0.400. The Morgan fingerprint density at radius 3 is 2.30 bits per heavy atom. The van der Waals surface area contributed by atoms with E-state index in [1.165, 1.54) is 0 Å². The molecule has 3 rings (SSSR count). The number of hydrogen-bond donors (Lipinski definition) is 1. The third-order valence-corrected chi connectivity index (χ3v) is 5.98. The Hall–Kier alpha value is -2.95. The second-order valence-electron chi connectivity index (χ2n) is 7.81. The van der Waals surface area contributed by atoms with Crippen molar-refractivity contribution in [2.24, 2.45) is 4.99 Å². The van der Waals surface area contributed by atoms with Crippen molar-refractivity contribution in [2.45, 2.75) is 65.0 Å². The van der Waals surface area contributed by atoms with E-state index in [4.69, 9.17) is 4.99 Å². The van der Waals surface area contributed by atoms with Gasteiger partial charge in [-0.3, -0.25) is 14.7 Å². The molecule has 2 aromatic carbocycles. The highest BCUT2D eigenvalue weighted by Gasteiger charge is 2.45. The summed E-state index contributed by atoms with van der Waals surface area (Å²) < 4.78 is 0. The van der Waals surface area contributed by atoms with Crippen LogP contribution in [0.25, 0.3) is 11.1 Å². The minimum absolute atomic E-state index is 0.0962. The normalized spacial score (nSPS) is 15.4. The molecule has 1 N–H and O–H groups in total. The van der Waals surface area contributed by atoms with E-state index in [1.807, 2.05) is 55.1 Å². The van der Waals surface area contributed by atoms with E-state index < -0.39 is 11.5 Å². The molecular weight excluding hydrogens is 376 g/mol. The van der Waals surface area contributed by atoms with Crippen molar-refractivity contribution in [1.29, 1.82) is 0 Å². The molecule has 5 heteroatoms. The van der Waals surface area contributed by atoms with E-state index in [-0.39, 0.29) is 11.5 Å². The Morgan fingerprint density at radius 2 is 1.70 bits per heavy atom. The number of unbranched alkanes of at least 4 members (excludes halogenated alkanes) is 1.